The van der Waals surface area contributed by atoms with E-state index in [0.717, 1.165) is 37.7 Å². The summed E-state index contributed by atoms with van der Waals surface area (Å²) in [5.41, 5.74) is 3.29. The summed E-state index contributed by atoms with van der Waals surface area (Å²) in [6, 6.07) is 15.5. The topological polar surface area (TPSA) is 9.23 Å². The van der Waals surface area contributed by atoms with Gasteiger partial charge in [-0.05, 0) is 73.8 Å². The normalized spacial score (nSPS) is 18.1. The predicted octanol–water partition coefficient (Wildman–Crippen LogP) is 8.62. The second-order valence-electron chi connectivity index (χ2n) is 9.17. The van der Waals surface area contributed by atoms with Crippen molar-refractivity contribution in [1.82, 2.24) is 0 Å². The molecule has 34 heavy (non-hydrogen) atoms. The van der Waals surface area contributed by atoms with E-state index in [9.17, 15) is 13.2 Å². The van der Waals surface area contributed by atoms with E-state index >= 15 is 0 Å². The third-order valence-electron chi connectivity index (χ3n) is 6.74. The molecule has 4 rings (SSSR count). The van der Waals surface area contributed by atoms with E-state index in [1.54, 1.807) is 48.5 Å². The minimum Gasteiger partial charge on any atom is -0.378 e. The van der Waals surface area contributed by atoms with Gasteiger partial charge in [0.1, 0.15) is 5.82 Å². The first kappa shape index (κ1) is 24.3. The van der Waals surface area contributed by atoms with Crippen molar-refractivity contribution < 1.29 is 17.9 Å². The minimum absolute atomic E-state index is 0.209. The molecule has 1 aliphatic heterocycles. The molecule has 1 saturated heterocycles. The zero-order chi connectivity index (χ0) is 24.1. The van der Waals surface area contributed by atoms with Gasteiger partial charge in [-0.15, -0.1) is 6.58 Å². The van der Waals surface area contributed by atoms with E-state index in [1.165, 1.54) is 0 Å². The van der Waals surface area contributed by atoms with Gasteiger partial charge >= 0.3 is 0 Å². The monoisotopic (exact) mass is 464 g/mol. The van der Waals surface area contributed by atoms with Crippen LogP contribution < -0.4 is 0 Å². The van der Waals surface area contributed by atoms with Gasteiger partial charge in [-0.1, -0.05) is 54.6 Å². The molecule has 1 aliphatic rings. The van der Waals surface area contributed by atoms with Crippen molar-refractivity contribution in [3.05, 3.63) is 95.8 Å². The summed E-state index contributed by atoms with van der Waals surface area (Å²) in [4.78, 5) is 0. The Labute approximate surface area is 200 Å². The van der Waals surface area contributed by atoms with Crippen molar-refractivity contribution in [1.29, 1.82) is 0 Å². The first-order valence-electron chi connectivity index (χ1n) is 12.1. The van der Waals surface area contributed by atoms with Crippen molar-refractivity contribution in [2.75, 3.05) is 6.61 Å². The maximum absolute atomic E-state index is 14.9. The van der Waals surface area contributed by atoms with Gasteiger partial charge in [0.25, 0.3) is 0 Å². The van der Waals surface area contributed by atoms with Gasteiger partial charge in [0, 0.05) is 17.0 Å². The van der Waals surface area contributed by atoms with Crippen molar-refractivity contribution in [3.8, 4) is 22.3 Å². The lowest BCUT2D eigenvalue weighted by Gasteiger charge is -2.27. The number of allylic oxidation sites excluding steroid dienone is 1. The number of hydrogen-bond acceptors (Lipinski definition) is 1. The van der Waals surface area contributed by atoms with Gasteiger partial charge in [-0.2, -0.15) is 0 Å². The standard InChI is InChI=1S/C30H31F3O/c1-3-4-5-6-7-23-14-17-27(30(33)29(23)32)22-12-10-21(11-13-22)26-16-15-24(18-28(26)31)25-9-8-20(2)34-19-25/h3,10-18,20,25H,1,4-9,19H2,2H3. The zero-order valence-corrected chi connectivity index (χ0v) is 19.6. The smallest absolute Gasteiger partial charge is 0.166 e. The summed E-state index contributed by atoms with van der Waals surface area (Å²) < 4.78 is 50.1. The molecule has 0 N–H and O–H groups in total. The van der Waals surface area contributed by atoms with E-state index < -0.39 is 11.6 Å². The molecule has 3 aromatic rings. The number of hydrogen-bond donors (Lipinski definition) is 0. The number of unbranched alkanes of at least 4 members (excludes halogenated alkanes) is 2. The first-order valence-corrected chi connectivity index (χ1v) is 12.1. The lowest BCUT2D eigenvalue weighted by molar-refractivity contribution is 0.0154. The lowest BCUT2D eigenvalue weighted by Crippen LogP contribution is -2.22. The number of aryl methyl sites for hydroxylation is 1. The molecule has 1 fully saturated rings. The highest BCUT2D eigenvalue weighted by molar-refractivity contribution is 5.71. The van der Waals surface area contributed by atoms with Gasteiger partial charge < -0.3 is 4.74 Å². The summed E-state index contributed by atoms with van der Waals surface area (Å²) in [6.45, 7) is 6.35. The fraction of sp³-hybridized carbons (Fsp3) is 0.333. The third kappa shape index (κ3) is 5.44. The Morgan fingerprint density at radius 2 is 1.59 bits per heavy atom. The van der Waals surface area contributed by atoms with Crippen LogP contribution in [0, 0.1) is 17.5 Å². The van der Waals surface area contributed by atoms with Crippen molar-refractivity contribution in [3.63, 3.8) is 0 Å². The number of benzene rings is 3. The Balaban J connectivity index is 1.50. The largest absolute Gasteiger partial charge is 0.378 e. The van der Waals surface area contributed by atoms with Crippen LogP contribution in [-0.2, 0) is 11.2 Å². The number of halogens is 3. The number of rotatable bonds is 8. The summed E-state index contributed by atoms with van der Waals surface area (Å²) >= 11 is 0. The molecule has 0 aliphatic carbocycles. The van der Waals surface area contributed by atoms with E-state index in [1.807, 2.05) is 12.1 Å². The molecule has 1 heterocycles. The van der Waals surface area contributed by atoms with E-state index in [2.05, 4.69) is 13.5 Å². The Bertz CT molecular complexity index is 1130. The van der Waals surface area contributed by atoms with Crippen molar-refractivity contribution in [2.24, 2.45) is 0 Å². The average molecular weight is 465 g/mol. The van der Waals surface area contributed by atoms with Gasteiger partial charge in [0.05, 0.1) is 12.7 Å². The molecular formula is C30H31F3O. The molecule has 0 spiro atoms. The Kier molecular flexibility index (Phi) is 7.89. The highest BCUT2D eigenvalue weighted by Crippen LogP contribution is 2.33. The highest BCUT2D eigenvalue weighted by atomic mass is 19.2. The maximum atomic E-state index is 14.9. The highest BCUT2D eigenvalue weighted by Gasteiger charge is 2.21. The Hall–Kier alpha value is -2.85. The molecular weight excluding hydrogens is 433 g/mol. The van der Waals surface area contributed by atoms with E-state index in [-0.39, 0.29) is 23.4 Å². The van der Waals surface area contributed by atoms with Gasteiger partial charge in [0.15, 0.2) is 11.6 Å². The molecule has 2 atom stereocenters. The minimum atomic E-state index is -0.839. The quantitative estimate of drug-likeness (QED) is 0.239. The molecule has 2 unspecified atom stereocenters. The molecule has 0 aromatic heterocycles. The summed E-state index contributed by atoms with van der Waals surface area (Å²) in [5, 5.41) is 0. The van der Waals surface area contributed by atoms with Crippen molar-refractivity contribution >= 4 is 0 Å². The predicted molar refractivity (Wildman–Crippen MR) is 132 cm³/mol. The second kappa shape index (κ2) is 11.1. The fourth-order valence-corrected chi connectivity index (χ4v) is 4.60. The SMILES string of the molecule is C=CCCCCc1ccc(-c2ccc(-c3ccc(C4CCC(C)OC4)cc3F)cc2)c(F)c1F. The lowest BCUT2D eigenvalue weighted by atomic mass is 9.90. The first-order chi connectivity index (χ1) is 16.5. The van der Waals surface area contributed by atoms with Crippen LogP contribution in [0.1, 0.15) is 56.1 Å². The van der Waals surface area contributed by atoms with Gasteiger partial charge in [0.2, 0.25) is 0 Å². The summed E-state index contributed by atoms with van der Waals surface area (Å²) in [6.07, 6.45) is 7.11. The molecule has 0 bridgehead atoms. The van der Waals surface area contributed by atoms with Crippen LogP contribution in [-0.4, -0.2) is 12.7 Å². The van der Waals surface area contributed by atoms with Gasteiger partial charge in [-0.3, -0.25) is 0 Å². The van der Waals surface area contributed by atoms with E-state index in [0.29, 0.717) is 35.3 Å². The van der Waals surface area contributed by atoms with Crippen LogP contribution in [0.2, 0.25) is 0 Å². The van der Waals surface area contributed by atoms with Crippen LogP contribution >= 0.6 is 0 Å². The van der Waals surface area contributed by atoms with Crippen LogP contribution in [0.3, 0.4) is 0 Å². The molecule has 4 heteroatoms. The van der Waals surface area contributed by atoms with Crippen LogP contribution in [0.15, 0.2) is 67.3 Å². The maximum Gasteiger partial charge on any atom is 0.166 e. The summed E-state index contributed by atoms with van der Waals surface area (Å²) in [5.74, 6) is -1.71. The summed E-state index contributed by atoms with van der Waals surface area (Å²) in [7, 11) is 0. The molecule has 0 amide bonds. The Morgan fingerprint density at radius 3 is 2.24 bits per heavy atom. The number of ether oxygens (including phenoxy) is 1. The zero-order valence-electron chi connectivity index (χ0n) is 19.6. The molecule has 178 valence electrons. The van der Waals surface area contributed by atoms with Gasteiger partial charge in [-0.25, -0.2) is 13.2 Å². The Morgan fingerprint density at radius 1 is 0.882 bits per heavy atom. The second-order valence-corrected chi connectivity index (χ2v) is 9.17. The fourth-order valence-electron chi connectivity index (χ4n) is 4.60. The van der Waals surface area contributed by atoms with E-state index in [4.69, 9.17) is 4.74 Å². The van der Waals surface area contributed by atoms with Crippen LogP contribution in [0.4, 0.5) is 13.2 Å². The van der Waals surface area contributed by atoms with Crippen LogP contribution in [0.25, 0.3) is 22.3 Å². The molecule has 1 nitrogen and oxygen atoms in total. The van der Waals surface area contributed by atoms with Crippen LogP contribution in [0.5, 0.6) is 0 Å². The third-order valence-corrected chi connectivity index (χ3v) is 6.74. The molecule has 0 radical (unpaired) electrons. The molecule has 0 saturated carbocycles. The average Bonchev–Trinajstić information content (AvgIpc) is 2.85. The van der Waals surface area contributed by atoms with Crippen molar-refractivity contribution in [2.45, 2.75) is 57.5 Å². The molecule has 3 aromatic carbocycles.